The molecule has 0 aliphatic carbocycles. The van der Waals surface area contributed by atoms with Gasteiger partial charge in [-0.1, -0.05) is 35.1 Å². The van der Waals surface area contributed by atoms with E-state index in [0.29, 0.717) is 16.5 Å². The summed E-state index contributed by atoms with van der Waals surface area (Å²) in [6.45, 7) is 3.79. The topological polar surface area (TPSA) is 60.3 Å². The van der Waals surface area contributed by atoms with Crippen LogP contribution in [0.4, 0.5) is 5.69 Å². The Labute approximate surface area is 153 Å². The second kappa shape index (κ2) is 7.29. The van der Waals surface area contributed by atoms with Crippen molar-refractivity contribution in [3.05, 3.63) is 57.2 Å². The number of para-hydroxylation sites is 1. The lowest BCUT2D eigenvalue weighted by atomic mass is 10.2. The molecule has 0 bridgehead atoms. The third kappa shape index (κ3) is 3.86. The van der Waals surface area contributed by atoms with Gasteiger partial charge in [0.1, 0.15) is 5.75 Å². The van der Waals surface area contributed by atoms with E-state index in [-0.39, 0.29) is 23.4 Å². The van der Waals surface area contributed by atoms with Crippen molar-refractivity contribution in [3.8, 4) is 5.75 Å². The molecule has 0 radical (unpaired) electrons. The summed E-state index contributed by atoms with van der Waals surface area (Å²) in [6, 6.07) is 12.5. The summed E-state index contributed by atoms with van der Waals surface area (Å²) in [7, 11) is 0. The maximum Gasteiger partial charge on any atom is 0.308 e. The number of carbonyl (C=O) groups excluding carboxylic acids is 1. The van der Waals surface area contributed by atoms with Gasteiger partial charge in [0, 0.05) is 11.7 Å². The lowest BCUT2D eigenvalue weighted by Crippen LogP contribution is -2.20. The highest BCUT2D eigenvalue weighted by Gasteiger charge is 2.12. The lowest BCUT2D eigenvalue weighted by Gasteiger charge is -2.10. The minimum Gasteiger partial charge on any atom is -0.482 e. The molecule has 0 spiro atoms. The van der Waals surface area contributed by atoms with Gasteiger partial charge in [-0.05, 0) is 44.2 Å². The van der Waals surface area contributed by atoms with E-state index in [0.717, 1.165) is 10.2 Å². The molecule has 3 rings (SSSR count). The number of aromatic nitrogens is 1. The van der Waals surface area contributed by atoms with Crippen LogP contribution in [-0.2, 0) is 4.79 Å². The molecule has 0 unspecified atom stereocenters. The molecule has 0 aliphatic rings. The zero-order valence-corrected chi connectivity index (χ0v) is 15.4. The van der Waals surface area contributed by atoms with Gasteiger partial charge in [0.2, 0.25) is 0 Å². The number of halogens is 1. The summed E-state index contributed by atoms with van der Waals surface area (Å²) < 4.78 is 8.00. The average Bonchev–Trinajstić information content (AvgIpc) is 2.89. The maximum atomic E-state index is 12.1. The number of ether oxygens (including phenoxy) is 1. The van der Waals surface area contributed by atoms with E-state index in [4.69, 9.17) is 16.3 Å². The first kappa shape index (κ1) is 17.5. The number of amides is 1. The predicted molar refractivity (Wildman–Crippen MR) is 102 cm³/mol. The van der Waals surface area contributed by atoms with Crippen LogP contribution in [0.1, 0.15) is 19.9 Å². The first-order valence-electron chi connectivity index (χ1n) is 7.78. The molecule has 0 atom stereocenters. The molecule has 1 amide bonds. The molecule has 1 heterocycles. The van der Waals surface area contributed by atoms with Crippen molar-refractivity contribution < 1.29 is 9.53 Å². The predicted octanol–water partition coefficient (Wildman–Crippen LogP) is 4.31. The number of thiazole rings is 1. The van der Waals surface area contributed by atoms with Crippen molar-refractivity contribution in [2.75, 3.05) is 11.9 Å². The number of benzene rings is 2. The molecule has 0 saturated carbocycles. The number of hydrogen-bond acceptors (Lipinski definition) is 4. The first-order chi connectivity index (χ1) is 12.0. The van der Waals surface area contributed by atoms with Crippen molar-refractivity contribution in [2.24, 2.45) is 0 Å². The van der Waals surface area contributed by atoms with Gasteiger partial charge in [0.05, 0.1) is 15.2 Å². The number of rotatable bonds is 5. The molecule has 25 heavy (non-hydrogen) atoms. The fourth-order valence-corrected chi connectivity index (χ4v) is 3.75. The lowest BCUT2D eigenvalue weighted by molar-refractivity contribution is -0.118. The molecule has 7 heteroatoms. The zero-order chi connectivity index (χ0) is 18.0. The van der Waals surface area contributed by atoms with Gasteiger partial charge in [0.15, 0.2) is 6.61 Å². The van der Waals surface area contributed by atoms with Crippen LogP contribution in [0.5, 0.6) is 5.75 Å². The Hall–Kier alpha value is -2.31. The van der Waals surface area contributed by atoms with Crippen molar-refractivity contribution in [3.63, 3.8) is 0 Å². The Kier molecular flexibility index (Phi) is 5.11. The number of hydrogen-bond donors (Lipinski definition) is 1. The summed E-state index contributed by atoms with van der Waals surface area (Å²) in [5.41, 5.74) is 1.49. The van der Waals surface area contributed by atoms with Crippen LogP contribution in [0.25, 0.3) is 10.2 Å². The summed E-state index contributed by atoms with van der Waals surface area (Å²) in [6.07, 6.45) is 0. The van der Waals surface area contributed by atoms with Crippen molar-refractivity contribution in [2.45, 2.75) is 19.9 Å². The molecular formula is C18H17ClN2O3S. The summed E-state index contributed by atoms with van der Waals surface area (Å²) >= 11 is 7.16. The van der Waals surface area contributed by atoms with E-state index < -0.39 is 0 Å². The molecule has 0 saturated heterocycles. The highest BCUT2D eigenvalue weighted by Crippen LogP contribution is 2.25. The normalized spacial score (nSPS) is 11.0. The molecule has 0 aliphatic heterocycles. The molecule has 130 valence electrons. The standard InChI is InChI=1S/C18H17ClN2O3S/c1-11(2)21-14-8-7-12(9-16(14)25-18(21)23)20-17(22)10-24-15-6-4-3-5-13(15)19/h3-9,11H,10H2,1-2H3,(H,20,22). The van der Waals surface area contributed by atoms with E-state index in [1.165, 1.54) is 11.3 Å². The van der Waals surface area contributed by atoms with Crippen LogP contribution in [0.2, 0.25) is 5.02 Å². The van der Waals surface area contributed by atoms with Gasteiger partial charge in [-0.3, -0.25) is 14.2 Å². The van der Waals surface area contributed by atoms with Gasteiger partial charge < -0.3 is 10.1 Å². The molecule has 3 aromatic rings. The van der Waals surface area contributed by atoms with Gasteiger partial charge in [-0.2, -0.15) is 0 Å². The van der Waals surface area contributed by atoms with E-state index in [2.05, 4.69) is 5.32 Å². The highest BCUT2D eigenvalue weighted by atomic mass is 35.5. The van der Waals surface area contributed by atoms with Crippen LogP contribution in [0, 0.1) is 0 Å². The Morgan fingerprint density at radius 2 is 2.04 bits per heavy atom. The second-order valence-corrected chi connectivity index (χ2v) is 7.18. The molecule has 0 fully saturated rings. The van der Waals surface area contributed by atoms with Gasteiger partial charge in [-0.25, -0.2) is 0 Å². The van der Waals surface area contributed by atoms with Gasteiger partial charge in [0.25, 0.3) is 5.91 Å². The van der Waals surface area contributed by atoms with E-state index in [1.54, 1.807) is 41.0 Å². The number of fused-ring (bicyclic) bond motifs is 1. The number of nitrogens with one attached hydrogen (secondary N) is 1. The number of carbonyl (C=O) groups is 1. The quantitative estimate of drug-likeness (QED) is 0.721. The fourth-order valence-electron chi connectivity index (χ4n) is 2.51. The van der Waals surface area contributed by atoms with Gasteiger partial charge in [-0.15, -0.1) is 0 Å². The SMILES string of the molecule is CC(C)n1c(=O)sc2cc(NC(=O)COc3ccccc3Cl)ccc21. The van der Waals surface area contributed by atoms with Crippen LogP contribution < -0.4 is 14.9 Å². The van der Waals surface area contributed by atoms with E-state index in [9.17, 15) is 9.59 Å². The minimum absolute atomic E-state index is 0.00414. The van der Waals surface area contributed by atoms with Crippen LogP contribution >= 0.6 is 22.9 Å². The summed E-state index contributed by atoms with van der Waals surface area (Å²) in [5.74, 6) is 0.164. The van der Waals surface area contributed by atoms with Crippen molar-refractivity contribution in [1.29, 1.82) is 0 Å². The Bertz CT molecular complexity index is 978. The largest absolute Gasteiger partial charge is 0.482 e. The smallest absolute Gasteiger partial charge is 0.308 e. The number of anilines is 1. The van der Waals surface area contributed by atoms with Crippen molar-refractivity contribution in [1.82, 2.24) is 4.57 Å². The fraction of sp³-hybridized carbons (Fsp3) is 0.222. The van der Waals surface area contributed by atoms with Crippen molar-refractivity contribution >= 4 is 44.7 Å². The third-order valence-corrected chi connectivity index (χ3v) is 4.84. The monoisotopic (exact) mass is 376 g/mol. The van der Waals surface area contributed by atoms with Gasteiger partial charge >= 0.3 is 4.87 Å². The Balaban J connectivity index is 1.71. The van der Waals surface area contributed by atoms with E-state index >= 15 is 0 Å². The average molecular weight is 377 g/mol. The summed E-state index contributed by atoms with van der Waals surface area (Å²) in [5, 5.41) is 3.23. The minimum atomic E-state index is -0.296. The second-order valence-electron chi connectivity index (χ2n) is 5.78. The molecular weight excluding hydrogens is 360 g/mol. The highest BCUT2D eigenvalue weighted by molar-refractivity contribution is 7.16. The van der Waals surface area contributed by atoms with E-state index in [1.807, 2.05) is 19.9 Å². The summed E-state index contributed by atoms with van der Waals surface area (Å²) in [4.78, 5) is 24.1. The Morgan fingerprint density at radius 1 is 1.28 bits per heavy atom. The van der Waals surface area contributed by atoms with Crippen LogP contribution in [0.3, 0.4) is 0 Å². The number of nitrogens with zero attached hydrogens (tertiary/aromatic N) is 1. The maximum absolute atomic E-state index is 12.1. The van der Waals surface area contributed by atoms with Crippen LogP contribution in [-0.4, -0.2) is 17.1 Å². The Morgan fingerprint density at radius 3 is 2.76 bits per heavy atom. The third-order valence-electron chi connectivity index (χ3n) is 3.61. The first-order valence-corrected chi connectivity index (χ1v) is 8.97. The van der Waals surface area contributed by atoms with Crippen LogP contribution in [0.15, 0.2) is 47.3 Å². The molecule has 2 aromatic carbocycles. The molecule has 5 nitrogen and oxygen atoms in total. The molecule has 1 N–H and O–H groups in total. The molecule has 1 aromatic heterocycles. The zero-order valence-electron chi connectivity index (χ0n) is 13.8.